The summed E-state index contributed by atoms with van der Waals surface area (Å²) in [5.74, 6) is -2.12. The van der Waals surface area contributed by atoms with Crippen LogP contribution in [-0.2, 0) is 14.3 Å². The summed E-state index contributed by atoms with van der Waals surface area (Å²) in [6.45, 7) is 7.44. The first-order valence-electron chi connectivity index (χ1n) is 10.3. The normalized spacial score (nSPS) is 21.1. The number of piperazine rings is 1. The lowest BCUT2D eigenvalue weighted by molar-refractivity contribution is -0.198. The molecule has 0 bridgehead atoms. The summed E-state index contributed by atoms with van der Waals surface area (Å²) >= 11 is 5.90. The summed E-state index contributed by atoms with van der Waals surface area (Å²) < 4.78 is 54.7. The van der Waals surface area contributed by atoms with Crippen LogP contribution in [0, 0.1) is 0 Å². The molecule has 1 unspecified atom stereocenters. The van der Waals surface area contributed by atoms with Gasteiger partial charge in [-0.15, -0.1) is 10.2 Å². The number of carbonyl (C=O) groups excluding carboxylic acids is 3. The monoisotopic (exact) mass is 507 g/mol. The van der Waals surface area contributed by atoms with E-state index < -0.39 is 59.9 Å². The van der Waals surface area contributed by atoms with Crippen molar-refractivity contribution in [2.75, 3.05) is 29.4 Å². The van der Waals surface area contributed by atoms with Crippen LogP contribution in [0.2, 0.25) is 5.15 Å². The van der Waals surface area contributed by atoms with E-state index in [0.717, 1.165) is 15.9 Å². The molecule has 2 aliphatic rings. The highest BCUT2D eigenvalue weighted by Gasteiger charge is 2.71. The third kappa shape index (κ3) is 4.57. The molecule has 1 fully saturated rings. The summed E-state index contributed by atoms with van der Waals surface area (Å²) in [5, 5.41) is 7.05. The topological polar surface area (TPSA) is 105 Å². The van der Waals surface area contributed by atoms with Crippen LogP contribution >= 0.6 is 11.6 Å². The van der Waals surface area contributed by atoms with Gasteiger partial charge in [0.2, 0.25) is 5.54 Å². The van der Waals surface area contributed by atoms with E-state index in [1.165, 1.54) is 20.8 Å². The Morgan fingerprint density at radius 2 is 1.56 bits per heavy atom. The number of hydrogen-bond acceptors (Lipinski definition) is 8. The molecule has 0 saturated carbocycles. The number of amides is 3. The van der Waals surface area contributed by atoms with Gasteiger partial charge in [-0.3, -0.25) is 4.79 Å². The third-order valence-electron chi connectivity index (χ3n) is 4.96. The molecule has 34 heavy (non-hydrogen) atoms. The molecule has 14 heteroatoms. The maximum absolute atomic E-state index is 14.8. The van der Waals surface area contributed by atoms with Gasteiger partial charge in [-0.2, -0.15) is 18.1 Å². The van der Waals surface area contributed by atoms with E-state index in [2.05, 4.69) is 10.2 Å². The van der Waals surface area contributed by atoms with Crippen molar-refractivity contribution in [2.45, 2.75) is 64.5 Å². The van der Waals surface area contributed by atoms with Crippen molar-refractivity contribution in [2.24, 2.45) is 0 Å². The maximum atomic E-state index is 14.8. The molecule has 1 saturated heterocycles. The summed E-state index contributed by atoms with van der Waals surface area (Å²) in [5.41, 5.74) is -5.67. The molecule has 0 N–H and O–H groups in total. The van der Waals surface area contributed by atoms with E-state index in [1.54, 1.807) is 20.8 Å². The number of hydrogen-bond donors (Lipinski definition) is 0. The smallest absolute Gasteiger partial charge is 0.423 e. The Balaban J connectivity index is 2.18. The van der Waals surface area contributed by atoms with E-state index in [-0.39, 0.29) is 22.3 Å². The second-order valence-electron chi connectivity index (χ2n) is 9.91. The minimum Gasteiger partial charge on any atom is -0.444 e. The van der Waals surface area contributed by atoms with Crippen molar-refractivity contribution in [3.8, 4) is 0 Å². The number of aromatic nitrogens is 2. The van der Waals surface area contributed by atoms with Gasteiger partial charge in [0, 0.05) is 19.2 Å². The Hall–Kier alpha value is -2.83. The van der Waals surface area contributed by atoms with Gasteiger partial charge in [0.25, 0.3) is 5.91 Å². The standard InChI is InChI=1S/C20H25ClF3N5O5/c1-17(2,3)33-15(31)27-7-8-28-11-9-12(21)25-26-13(11)29(16(32)34-18(4,5)6)14(30)19(28,10-27)20(22,23)24/h9H,7-8,10H2,1-6H3. The first-order chi connectivity index (χ1) is 15.4. The minimum atomic E-state index is -5.22. The van der Waals surface area contributed by atoms with Crippen LogP contribution in [0.15, 0.2) is 6.07 Å². The molecule has 2 aliphatic heterocycles. The molecule has 3 heterocycles. The number of anilines is 2. The van der Waals surface area contributed by atoms with Crippen molar-refractivity contribution >= 4 is 41.2 Å². The van der Waals surface area contributed by atoms with Gasteiger partial charge in [-0.05, 0) is 41.5 Å². The second kappa shape index (κ2) is 8.14. The van der Waals surface area contributed by atoms with Crippen molar-refractivity contribution in [1.82, 2.24) is 15.1 Å². The van der Waals surface area contributed by atoms with Gasteiger partial charge in [0.15, 0.2) is 11.0 Å². The largest absolute Gasteiger partial charge is 0.444 e. The fourth-order valence-electron chi connectivity index (χ4n) is 3.68. The fraction of sp³-hybridized carbons (Fsp3) is 0.650. The zero-order valence-electron chi connectivity index (χ0n) is 19.5. The lowest BCUT2D eigenvalue weighted by Crippen LogP contribution is -2.78. The molecule has 3 amide bonds. The van der Waals surface area contributed by atoms with E-state index in [0.29, 0.717) is 0 Å². The third-order valence-corrected chi connectivity index (χ3v) is 5.14. The van der Waals surface area contributed by atoms with E-state index in [1.807, 2.05) is 0 Å². The number of ether oxygens (including phenoxy) is 2. The molecule has 3 rings (SSSR count). The zero-order chi connectivity index (χ0) is 25.9. The van der Waals surface area contributed by atoms with Gasteiger partial charge in [0.05, 0.1) is 12.2 Å². The van der Waals surface area contributed by atoms with Gasteiger partial charge in [-0.25, -0.2) is 9.59 Å². The Morgan fingerprint density at radius 1 is 1.00 bits per heavy atom. The van der Waals surface area contributed by atoms with Crippen LogP contribution in [0.1, 0.15) is 41.5 Å². The first-order valence-corrected chi connectivity index (χ1v) is 10.7. The number of halogens is 4. The molecule has 188 valence electrons. The van der Waals surface area contributed by atoms with Gasteiger partial charge in [0.1, 0.15) is 11.2 Å². The molecule has 10 nitrogen and oxygen atoms in total. The van der Waals surface area contributed by atoms with Crippen LogP contribution in [0.5, 0.6) is 0 Å². The highest BCUT2D eigenvalue weighted by Crippen LogP contribution is 2.49. The predicted octanol–water partition coefficient (Wildman–Crippen LogP) is 3.77. The second-order valence-corrected chi connectivity index (χ2v) is 10.3. The quantitative estimate of drug-likeness (QED) is 0.522. The number of carbonyl (C=O) groups is 3. The lowest BCUT2D eigenvalue weighted by Gasteiger charge is -2.54. The minimum absolute atomic E-state index is 0.189. The Morgan fingerprint density at radius 3 is 2.09 bits per heavy atom. The van der Waals surface area contributed by atoms with Crippen molar-refractivity contribution in [1.29, 1.82) is 0 Å². The lowest BCUT2D eigenvalue weighted by atomic mass is 9.88. The van der Waals surface area contributed by atoms with Crippen LogP contribution in [0.25, 0.3) is 0 Å². The number of fused-ring (bicyclic) bond motifs is 3. The number of imide groups is 1. The number of nitrogens with zero attached hydrogens (tertiary/aromatic N) is 5. The highest BCUT2D eigenvalue weighted by molar-refractivity contribution is 6.30. The predicted molar refractivity (Wildman–Crippen MR) is 115 cm³/mol. The molecule has 1 aromatic heterocycles. The van der Waals surface area contributed by atoms with E-state index >= 15 is 0 Å². The van der Waals surface area contributed by atoms with Gasteiger partial charge < -0.3 is 19.3 Å². The van der Waals surface area contributed by atoms with Gasteiger partial charge >= 0.3 is 18.4 Å². The van der Waals surface area contributed by atoms with Crippen molar-refractivity contribution in [3.05, 3.63) is 11.2 Å². The number of alkyl halides is 3. The zero-order valence-corrected chi connectivity index (χ0v) is 20.2. The molecule has 1 aromatic rings. The molecule has 0 aromatic carbocycles. The molecule has 0 radical (unpaired) electrons. The summed E-state index contributed by atoms with van der Waals surface area (Å²) in [7, 11) is 0. The molecular formula is C20H25ClF3N5O5. The summed E-state index contributed by atoms with van der Waals surface area (Å²) in [6.07, 6.45) is -7.62. The SMILES string of the molecule is CC(C)(C)OC(=O)N1CCN2c3cc(Cl)nnc3N(C(=O)OC(C)(C)C)C(=O)C2(C(F)(F)F)C1. The Labute approximate surface area is 198 Å². The van der Waals surface area contributed by atoms with Crippen LogP contribution in [-0.4, -0.2) is 75.7 Å². The van der Waals surface area contributed by atoms with E-state index in [4.69, 9.17) is 21.1 Å². The van der Waals surface area contributed by atoms with E-state index in [9.17, 15) is 27.6 Å². The molecule has 1 atom stereocenters. The number of rotatable bonds is 0. The Bertz CT molecular complexity index is 1020. The fourth-order valence-corrected chi connectivity index (χ4v) is 3.82. The van der Waals surface area contributed by atoms with Gasteiger partial charge in [-0.1, -0.05) is 11.6 Å². The molecular weight excluding hydrogens is 483 g/mol. The van der Waals surface area contributed by atoms with Crippen LogP contribution in [0.4, 0.5) is 34.3 Å². The first kappa shape index (κ1) is 25.8. The maximum Gasteiger partial charge on any atom is 0.423 e. The Kier molecular flexibility index (Phi) is 6.17. The average molecular weight is 508 g/mol. The van der Waals surface area contributed by atoms with Crippen molar-refractivity contribution < 1.29 is 37.0 Å². The summed E-state index contributed by atoms with van der Waals surface area (Å²) in [6, 6.07) is 1.08. The van der Waals surface area contributed by atoms with Crippen LogP contribution < -0.4 is 9.80 Å². The molecule has 0 aliphatic carbocycles. The summed E-state index contributed by atoms with van der Waals surface area (Å²) in [4.78, 5) is 40.8. The van der Waals surface area contributed by atoms with Crippen LogP contribution in [0.3, 0.4) is 0 Å². The average Bonchev–Trinajstić information content (AvgIpc) is 2.64. The highest BCUT2D eigenvalue weighted by atomic mass is 35.5. The van der Waals surface area contributed by atoms with Crippen molar-refractivity contribution in [3.63, 3.8) is 0 Å². The molecule has 0 spiro atoms.